The third-order valence-corrected chi connectivity index (χ3v) is 5.57. The standard InChI is InChI=1S/C20H31BrN6O3/c1-5-24-17(16(21)12(4)23)20(30)27-15(8-11(2)3)19(29)26-14(10-22)9-13-6-7-25-18(13)28/h11,13-15H,5-9,23H2,1-4H3,(H,25,28)(H,26,29)(H,27,30)/t13-,14-,15-/m0/s1. The van der Waals surface area contributed by atoms with Crippen LogP contribution in [-0.2, 0) is 14.4 Å². The molecule has 10 heteroatoms. The van der Waals surface area contributed by atoms with Crippen LogP contribution in [0.5, 0.6) is 0 Å². The number of aliphatic imine (C=N–C) groups is 1. The van der Waals surface area contributed by atoms with Gasteiger partial charge in [-0.25, -0.2) is 0 Å². The largest absolute Gasteiger partial charge is 0.401 e. The van der Waals surface area contributed by atoms with E-state index in [-0.39, 0.29) is 29.9 Å². The number of nitrogens with zero attached hydrogens (tertiary/aromatic N) is 2. The second kappa shape index (κ2) is 12.3. The van der Waals surface area contributed by atoms with Crippen LogP contribution >= 0.6 is 15.9 Å². The van der Waals surface area contributed by atoms with E-state index in [9.17, 15) is 19.6 Å². The Hall–Kier alpha value is -2.41. The summed E-state index contributed by atoms with van der Waals surface area (Å²) in [5, 5.41) is 17.5. The number of allylic oxidation sites excluding steroid dienone is 1. The summed E-state index contributed by atoms with van der Waals surface area (Å²) in [6, 6.07) is 0.363. The molecular formula is C20H31BrN6O3. The lowest BCUT2D eigenvalue weighted by Crippen LogP contribution is -2.52. The molecule has 0 saturated carbocycles. The Morgan fingerprint density at radius 1 is 1.40 bits per heavy atom. The van der Waals surface area contributed by atoms with Gasteiger partial charge in [-0.2, -0.15) is 5.26 Å². The number of carbonyl (C=O) groups is 3. The van der Waals surface area contributed by atoms with Crippen LogP contribution in [0.15, 0.2) is 15.2 Å². The van der Waals surface area contributed by atoms with E-state index in [4.69, 9.17) is 5.73 Å². The summed E-state index contributed by atoms with van der Waals surface area (Å²) in [7, 11) is 0. The zero-order chi connectivity index (χ0) is 22.8. The summed E-state index contributed by atoms with van der Waals surface area (Å²) in [4.78, 5) is 41.6. The van der Waals surface area contributed by atoms with Crippen LogP contribution < -0.4 is 21.7 Å². The number of halogens is 1. The molecule has 0 aromatic carbocycles. The third kappa shape index (κ3) is 7.78. The molecule has 5 N–H and O–H groups in total. The average molecular weight is 483 g/mol. The lowest BCUT2D eigenvalue weighted by molar-refractivity contribution is -0.127. The Morgan fingerprint density at radius 3 is 2.53 bits per heavy atom. The maximum atomic E-state index is 12.9. The van der Waals surface area contributed by atoms with Gasteiger partial charge in [0.15, 0.2) is 0 Å². The Bertz CT molecular complexity index is 752. The number of nitrogens with two attached hydrogens (primary N) is 1. The molecule has 0 aromatic rings. The Labute approximate surface area is 186 Å². The van der Waals surface area contributed by atoms with Crippen molar-refractivity contribution in [1.82, 2.24) is 16.0 Å². The molecule has 0 aliphatic carbocycles. The molecule has 0 bridgehead atoms. The maximum absolute atomic E-state index is 12.9. The van der Waals surface area contributed by atoms with Crippen LogP contribution in [0.4, 0.5) is 0 Å². The van der Waals surface area contributed by atoms with Crippen LogP contribution in [0.1, 0.15) is 47.0 Å². The quantitative estimate of drug-likeness (QED) is 0.343. The van der Waals surface area contributed by atoms with Gasteiger partial charge in [-0.05, 0) is 55.0 Å². The molecule has 0 aromatic heterocycles. The van der Waals surface area contributed by atoms with Gasteiger partial charge < -0.3 is 21.7 Å². The summed E-state index contributed by atoms with van der Waals surface area (Å²) in [5.41, 5.74) is 6.27. The van der Waals surface area contributed by atoms with Crippen molar-refractivity contribution in [3.05, 3.63) is 10.2 Å². The van der Waals surface area contributed by atoms with E-state index in [1.54, 1.807) is 13.8 Å². The number of nitrogens with one attached hydrogen (secondary N) is 3. The predicted octanol–water partition coefficient (Wildman–Crippen LogP) is 1.10. The maximum Gasteiger partial charge on any atom is 0.271 e. The molecule has 1 aliphatic heterocycles. The van der Waals surface area contributed by atoms with E-state index in [0.717, 1.165) is 0 Å². The van der Waals surface area contributed by atoms with E-state index >= 15 is 0 Å². The fourth-order valence-electron chi connectivity index (χ4n) is 3.09. The third-order valence-electron chi connectivity index (χ3n) is 4.57. The molecule has 1 fully saturated rings. The second-order valence-corrected chi connectivity index (χ2v) is 8.47. The molecule has 1 rings (SSSR count). The van der Waals surface area contributed by atoms with Crippen LogP contribution in [-0.4, -0.2) is 48.6 Å². The normalized spacial score (nSPS) is 19.4. The van der Waals surface area contributed by atoms with Gasteiger partial charge in [0.05, 0.1) is 10.6 Å². The lowest BCUT2D eigenvalue weighted by Gasteiger charge is -2.23. The van der Waals surface area contributed by atoms with Crippen molar-refractivity contribution < 1.29 is 14.4 Å². The first-order chi connectivity index (χ1) is 14.1. The van der Waals surface area contributed by atoms with Gasteiger partial charge in [-0.3, -0.25) is 19.4 Å². The summed E-state index contributed by atoms with van der Waals surface area (Å²) in [5.74, 6) is -1.29. The van der Waals surface area contributed by atoms with Gasteiger partial charge in [0.25, 0.3) is 5.91 Å². The van der Waals surface area contributed by atoms with Crippen molar-refractivity contribution >= 4 is 39.4 Å². The molecule has 1 aliphatic rings. The van der Waals surface area contributed by atoms with Crippen molar-refractivity contribution in [3.63, 3.8) is 0 Å². The van der Waals surface area contributed by atoms with E-state index < -0.39 is 23.9 Å². The van der Waals surface area contributed by atoms with E-state index in [1.807, 2.05) is 19.9 Å². The predicted molar refractivity (Wildman–Crippen MR) is 118 cm³/mol. The molecule has 1 saturated heterocycles. The number of hydrogen-bond acceptors (Lipinski definition) is 6. The SMILES string of the molecule is CCN=C(C(=O)N[C@@H](CC(C)C)C(=O)N[C@H](C#N)C[C@@H]1CCNC1=O)C(Br)=C(C)N. The average Bonchev–Trinajstić information content (AvgIpc) is 3.08. The zero-order valence-electron chi connectivity index (χ0n) is 17.9. The van der Waals surface area contributed by atoms with Crippen LogP contribution in [0.2, 0.25) is 0 Å². The smallest absolute Gasteiger partial charge is 0.271 e. The molecule has 0 spiro atoms. The molecule has 9 nitrogen and oxygen atoms in total. The van der Waals surface area contributed by atoms with Gasteiger partial charge in [0.2, 0.25) is 11.8 Å². The lowest BCUT2D eigenvalue weighted by atomic mass is 9.98. The summed E-state index contributed by atoms with van der Waals surface area (Å²) in [6.45, 7) is 8.22. The fraction of sp³-hybridized carbons (Fsp3) is 0.650. The molecule has 1 heterocycles. The van der Waals surface area contributed by atoms with Gasteiger partial charge in [-0.15, -0.1) is 0 Å². The summed E-state index contributed by atoms with van der Waals surface area (Å²) >= 11 is 3.28. The topological polar surface area (TPSA) is 149 Å². The van der Waals surface area contributed by atoms with E-state index in [2.05, 4.69) is 36.9 Å². The van der Waals surface area contributed by atoms with E-state index in [0.29, 0.717) is 36.1 Å². The van der Waals surface area contributed by atoms with Gasteiger partial charge in [0, 0.05) is 24.7 Å². The van der Waals surface area contributed by atoms with Crippen molar-refractivity contribution in [2.45, 2.75) is 59.0 Å². The fourth-order valence-corrected chi connectivity index (χ4v) is 3.39. The first kappa shape index (κ1) is 25.6. The first-order valence-corrected chi connectivity index (χ1v) is 10.8. The minimum absolute atomic E-state index is 0.106. The molecule has 3 atom stereocenters. The zero-order valence-corrected chi connectivity index (χ0v) is 19.5. The van der Waals surface area contributed by atoms with Crippen molar-refractivity contribution in [2.24, 2.45) is 22.6 Å². The van der Waals surface area contributed by atoms with Crippen LogP contribution in [0.25, 0.3) is 0 Å². The minimum Gasteiger partial charge on any atom is -0.401 e. The monoisotopic (exact) mass is 482 g/mol. The van der Waals surface area contributed by atoms with Gasteiger partial charge >= 0.3 is 0 Å². The van der Waals surface area contributed by atoms with Crippen LogP contribution in [0.3, 0.4) is 0 Å². The highest BCUT2D eigenvalue weighted by atomic mass is 79.9. The van der Waals surface area contributed by atoms with Gasteiger partial charge in [0.1, 0.15) is 17.8 Å². The Balaban J connectivity index is 2.93. The Kier molecular flexibility index (Phi) is 10.5. The molecule has 30 heavy (non-hydrogen) atoms. The summed E-state index contributed by atoms with van der Waals surface area (Å²) < 4.78 is 0.368. The van der Waals surface area contributed by atoms with Crippen molar-refractivity contribution in [1.29, 1.82) is 5.26 Å². The number of carbonyl (C=O) groups excluding carboxylic acids is 3. The number of amides is 3. The number of nitriles is 1. The second-order valence-electron chi connectivity index (χ2n) is 7.68. The highest BCUT2D eigenvalue weighted by Gasteiger charge is 2.30. The number of rotatable bonds is 10. The molecule has 3 amide bonds. The molecule has 0 unspecified atom stereocenters. The van der Waals surface area contributed by atoms with E-state index in [1.165, 1.54) is 0 Å². The highest BCUT2D eigenvalue weighted by Crippen LogP contribution is 2.17. The van der Waals surface area contributed by atoms with Crippen molar-refractivity contribution in [2.75, 3.05) is 13.1 Å². The minimum atomic E-state index is -0.855. The molecular weight excluding hydrogens is 452 g/mol. The van der Waals surface area contributed by atoms with Crippen molar-refractivity contribution in [3.8, 4) is 6.07 Å². The van der Waals surface area contributed by atoms with Gasteiger partial charge in [-0.1, -0.05) is 13.8 Å². The van der Waals surface area contributed by atoms with Crippen LogP contribution in [0, 0.1) is 23.2 Å². The molecule has 0 radical (unpaired) electrons. The first-order valence-electron chi connectivity index (χ1n) is 10.1. The highest BCUT2D eigenvalue weighted by molar-refractivity contribution is 9.12. The number of hydrogen-bond donors (Lipinski definition) is 4. The molecule has 166 valence electrons. The Morgan fingerprint density at radius 2 is 2.07 bits per heavy atom. The summed E-state index contributed by atoms with van der Waals surface area (Å²) in [6.07, 6.45) is 1.25.